The van der Waals surface area contributed by atoms with Crippen LogP contribution in [0.25, 0.3) is 0 Å². The lowest BCUT2D eigenvalue weighted by atomic mass is 10.1. The summed E-state index contributed by atoms with van der Waals surface area (Å²) in [6, 6.07) is 0. The van der Waals surface area contributed by atoms with E-state index in [0.29, 0.717) is 19.5 Å². The van der Waals surface area contributed by atoms with E-state index in [1.165, 1.54) is 18.6 Å². The van der Waals surface area contributed by atoms with Gasteiger partial charge in [-0.05, 0) is 19.3 Å². The lowest BCUT2D eigenvalue weighted by Gasteiger charge is -2.09. The molecule has 0 spiro atoms. The summed E-state index contributed by atoms with van der Waals surface area (Å²) in [5, 5.41) is 6.43. The van der Waals surface area contributed by atoms with Crippen LogP contribution in [0.4, 0.5) is 0 Å². The molecule has 0 aromatic heterocycles. The fraction of sp³-hybridized carbons (Fsp3) is 0.857. The molecule has 0 aromatic rings. The highest BCUT2D eigenvalue weighted by atomic mass is 33.1. The van der Waals surface area contributed by atoms with E-state index in [0.717, 1.165) is 18.1 Å². The standard InChI is InChI=1S/C14H26N2O2S2/c1-11(2)14(18)16-9-8-15-13(17)6-4-3-5-12-7-10-19-20-12/h11-12H,3-10H2,1-2H3,(H,15,17)(H,16,18). The molecule has 0 aromatic carbocycles. The van der Waals surface area contributed by atoms with Gasteiger partial charge in [-0.25, -0.2) is 0 Å². The molecular formula is C14H26N2O2S2. The van der Waals surface area contributed by atoms with E-state index in [-0.39, 0.29) is 17.7 Å². The predicted octanol–water partition coefficient (Wildman–Crippen LogP) is 2.59. The summed E-state index contributed by atoms with van der Waals surface area (Å²) < 4.78 is 0. The molecule has 2 amide bonds. The van der Waals surface area contributed by atoms with Crippen LogP contribution in [0.3, 0.4) is 0 Å². The molecule has 2 N–H and O–H groups in total. The number of amides is 2. The van der Waals surface area contributed by atoms with Crippen LogP contribution in [0.2, 0.25) is 0 Å². The molecule has 1 unspecified atom stereocenters. The van der Waals surface area contributed by atoms with Gasteiger partial charge in [0.1, 0.15) is 0 Å². The maximum absolute atomic E-state index is 11.6. The van der Waals surface area contributed by atoms with Gasteiger partial charge < -0.3 is 10.6 Å². The quantitative estimate of drug-likeness (QED) is 0.507. The van der Waals surface area contributed by atoms with Gasteiger partial charge >= 0.3 is 0 Å². The highest BCUT2D eigenvalue weighted by Crippen LogP contribution is 2.39. The van der Waals surface area contributed by atoms with E-state index in [1.807, 2.05) is 35.4 Å². The third-order valence-corrected chi connectivity index (χ3v) is 6.18. The highest BCUT2D eigenvalue weighted by molar-refractivity contribution is 8.77. The highest BCUT2D eigenvalue weighted by Gasteiger charge is 2.15. The van der Waals surface area contributed by atoms with Gasteiger partial charge in [0, 0.05) is 36.4 Å². The molecular weight excluding hydrogens is 292 g/mol. The monoisotopic (exact) mass is 318 g/mol. The first kappa shape index (κ1) is 17.7. The summed E-state index contributed by atoms with van der Waals surface area (Å²) in [6.45, 7) is 4.75. The van der Waals surface area contributed by atoms with E-state index >= 15 is 0 Å². The van der Waals surface area contributed by atoms with Gasteiger partial charge in [0.2, 0.25) is 11.8 Å². The number of hydrogen-bond donors (Lipinski definition) is 2. The second kappa shape index (κ2) is 10.4. The molecule has 0 aliphatic carbocycles. The minimum Gasteiger partial charge on any atom is -0.354 e. The van der Waals surface area contributed by atoms with Crippen molar-refractivity contribution in [3.05, 3.63) is 0 Å². The largest absolute Gasteiger partial charge is 0.354 e. The average Bonchev–Trinajstić information content (AvgIpc) is 2.92. The minimum absolute atomic E-state index is 0.00248. The van der Waals surface area contributed by atoms with Crippen LogP contribution in [-0.2, 0) is 9.59 Å². The Morgan fingerprint density at radius 1 is 1.20 bits per heavy atom. The van der Waals surface area contributed by atoms with Crippen LogP contribution in [0, 0.1) is 5.92 Å². The van der Waals surface area contributed by atoms with E-state index in [4.69, 9.17) is 0 Å². The smallest absolute Gasteiger partial charge is 0.222 e. The van der Waals surface area contributed by atoms with E-state index < -0.39 is 0 Å². The normalized spacial score (nSPS) is 18.2. The van der Waals surface area contributed by atoms with Gasteiger partial charge in [-0.15, -0.1) is 0 Å². The third-order valence-electron chi connectivity index (χ3n) is 3.18. The summed E-state index contributed by atoms with van der Waals surface area (Å²) in [7, 11) is 3.97. The second-order valence-corrected chi connectivity index (χ2v) is 8.16. The molecule has 1 fully saturated rings. The van der Waals surface area contributed by atoms with Crippen molar-refractivity contribution in [1.29, 1.82) is 0 Å². The Morgan fingerprint density at radius 3 is 2.60 bits per heavy atom. The van der Waals surface area contributed by atoms with Crippen molar-refractivity contribution in [2.75, 3.05) is 18.8 Å². The van der Waals surface area contributed by atoms with Crippen molar-refractivity contribution in [2.24, 2.45) is 5.92 Å². The summed E-state index contributed by atoms with van der Waals surface area (Å²) in [5.74, 6) is 1.40. The van der Waals surface area contributed by atoms with Crippen LogP contribution in [0.15, 0.2) is 0 Å². The maximum Gasteiger partial charge on any atom is 0.222 e. The molecule has 1 heterocycles. The van der Waals surface area contributed by atoms with Gasteiger partial charge in [-0.3, -0.25) is 9.59 Å². The molecule has 1 rings (SSSR count). The number of rotatable bonds is 9. The van der Waals surface area contributed by atoms with Crippen molar-refractivity contribution in [1.82, 2.24) is 10.6 Å². The lowest BCUT2D eigenvalue weighted by Crippen LogP contribution is -2.36. The van der Waals surface area contributed by atoms with Crippen LogP contribution in [0.5, 0.6) is 0 Å². The molecule has 1 atom stereocenters. The summed E-state index contributed by atoms with van der Waals surface area (Å²) in [4.78, 5) is 22.9. The van der Waals surface area contributed by atoms with E-state index in [1.54, 1.807) is 0 Å². The first-order chi connectivity index (χ1) is 9.59. The average molecular weight is 319 g/mol. The molecule has 6 heteroatoms. The van der Waals surface area contributed by atoms with Gasteiger partial charge in [0.25, 0.3) is 0 Å². The Hall–Kier alpha value is -0.360. The van der Waals surface area contributed by atoms with E-state index in [2.05, 4.69) is 10.6 Å². The number of carbonyl (C=O) groups excluding carboxylic acids is 2. The second-order valence-electron chi connectivity index (χ2n) is 5.37. The fourth-order valence-corrected chi connectivity index (χ4v) is 4.93. The molecule has 20 heavy (non-hydrogen) atoms. The zero-order chi connectivity index (χ0) is 14.8. The van der Waals surface area contributed by atoms with Gasteiger partial charge in [-0.1, -0.05) is 41.9 Å². The zero-order valence-corrected chi connectivity index (χ0v) is 14.1. The molecule has 0 radical (unpaired) electrons. The maximum atomic E-state index is 11.6. The minimum atomic E-state index is -0.00248. The first-order valence-electron chi connectivity index (χ1n) is 7.42. The SMILES string of the molecule is CC(C)C(=O)NCCNC(=O)CCCCC1CCSS1. The van der Waals surface area contributed by atoms with E-state index in [9.17, 15) is 9.59 Å². The molecule has 1 saturated heterocycles. The Bertz CT molecular complexity index is 306. The van der Waals surface area contributed by atoms with Crippen molar-refractivity contribution >= 4 is 33.4 Å². The van der Waals surface area contributed by atoms with Gasteiger partial charge in [0.15, 0.2) is 0 Å². The summed E-state index contributed by atoms with van der Waals surface area (Å²) in [6.07, 6.45) is 5.25. The van der Waals surface area contributed by atoms with Gasteiger partial charge in [-0.2, -0.15) is 0 Å². The summed E-state index contributed by atoms with van der Waals surface area (Å²) in [5.41, 5.74) is 0. The van der Waals surface area contributed by atoms with Crippen molar-refractivity contribution < 1.29 is 9.59 Å². The molecule has 4 nitrogen and oxygen atoms in total. The molecule has 1 aliphatic heterocycles. The van der Waals surface area contributed by atoms with Crippen LogP contribution >= 0.6 is 21.6 Å². The van der Waals surface area contributed by atoms with Crippen LogP contribution < -0.4 is 10.6 Å². The number of carbonyl (C=O) groups is 2. The molecule has 1 aliphatic rings. The Balaban J connectivity index is 1.91. The number of nitrogens with one attached hydrogen (secondary N) is 2. The van der Waals surface area contributed by atoms with Crippen LogP contribution in [0.1, 0.15) is 46.0 Å². The Labute approximate surface area is 130 Å². The predicted molar refractivity (Wildman–Crippen MR) is 87.8 cm³/mol. The Morgan fingerprint density at radius 2 is 1.95 bits per heavy atom. The number of unbranched alkanes of at least 4 members (excludes halogenated alkanes) is 1. The van der Waals surface area contributed by atoms with Gasteiger partial charge in [0.05, 0.1) is 0 Å². The Kier molecular flexibility index (Phi) is 9.18. The first-order valence-corrected chi connectivity index (χ1v) is 9.80. The molecule has 0 bridgehead atoms. The van der Waals surface area contributed by atoms with Crippen LogP contribution in [-0.4, -0.2) is 35.9 Å². The lowest BCUT2D eigenvalue weighted by molar-refractivity contribution is -0.124. The number of hydrogen-bond acceptors (Lipinski definition) is 4. The fourth-order valence-electron chi connectivity index (χ4n) is 1.90. The third kappa shape index (κ3) is 8.04. The topological polar surface area (TPSA) is 58.2 Å². The zero-order valence-electron chi connectivity index (χ0n) is 12.4. The van der Waals surface area contributed by atoms with Crippen molar-refractivity contribution in [2.45, 2.75) is 51.2 Å². The van der Waals surface area contributed by atoms with Crippen molar-refractivity contribution in [3.63, 3.8) is 0 Å². The molecule has 116 valence electrons. The summed E-state index contributed by atoms with van der Waals surface area (Å²) >= 11 is 0. The molecule has 0 saturated carbocycles. The van der Waals surface area contributed by atoms with Crippen molar-refractivity contribution in [3.8, 4) is 0 Å².